The lowest BCUT2D eigenvalue weighted by molar-refractivity contribution is -0.161. The maximum Gasteiger partial charge on any atom is 0.469 e. The van der Waals surface area contributed by atoms with Crippen molar-refractivity contribution in [1.29, 1.82) is 0 Å². The van der Waals surface area contributed by atoms with E-state index in [1.165, 1.54) is 0 Å². The predicted octanol–water partition coefficient (Wildman–Crippen LogP) is 3.51. The third kappa shape index (κ3) is 18.2. The smallest absolute Gasteiger partial charge is 0.462 e. The molecule has 0 unspecified atom stereocenters. The van der Waals surface area contributed by atoms with Crippen LogP contribution in [0.3, 0.4) is 0 Å². The van der Waals surface area contributed by atoms with Crippen molar-refractivity contribution in [2.45, 2.75) is 76.7 Å². The summed E-state index contributed by atoms with van der Waals surface area (Å²) >= 11 is 0. The highest BCUT2D eigenvalue weighted by molar-refractivity contribution is 7.46. The summed E-state index contributed by atoms with van der Waals surface area (Å²) in [5.41, 5.74) is 0. The number of ether oxygens (including phenoxy) is 2. The van der Waals surface area contributed by atoms with E-state index in [4.69, 9.17) is 19.3 Å². The Bertz CT molecular complexity index is 449. The Kier molecular flexibility index (Phi) is 15.5. The van der Waals surface area contributed by atoms with Crippen LogP contribution < -0.4 is 0 Å². The zero-order valence-corrected chi connectivity index (χ0v) is 16.9. The van der Waals surface area contributed by atoms with E-state index in [0.29, 0.717) is 12.8 Å². The van der Waals surface area contributed by atoms with Crippen molar-refractivity contribution in [3.05, 3.63) is 13.8 Å². The molecule has 0 aliphatic carbocycles. The third-order valence-corrected chi connectivity index (χ3v) is 4.15. The SMILES string of the molecule is [CH2-]CCCCCCC(=O)OC[C@H](COP(=O)(O)O)OC(=O)CCCCC[CH2-]. The molecule has 0 saturated carbocycles. The van der Waals surface area contributed by atoms with E-state index in [1.54, 1.807) is 0 Å². The van der Waals surface area contributed by atoms with Crippen molar-refractivity contribution in [2.75, 3.05) is 13.2 Å². The average molecular weight is 408 g/mol. The van der Waals surface area contributed by atoms with Crippen LogP contribution in [0.2, 0.25) is 0 Å². The maximum atomic E-state index is 11.8. The van der Waals surface area contributed by atoms with Crippen LogP contribution in [0, 0.1) is 13.8 Å². The zero-order valence-electron chi connectivity index (χ0n) is 16.0. The second-order valence-corrected chi connectivity index (χ2v) is 7.50. The van der Waals surface area contributed by atoms with Crippen molar-refractivity contribution >= 4 is 19.8 Å². The number of phosphoric acid groups is 1. The number of carbonyl (C=O) groups excluding carboxylic acids is 2. The van der Waals surface area contributed by atoms with Gasteiger partial charge < -0.3 is 33.1 Å². The van der Waals surface area contributed by atoms with Crippen LogP contribution in [0.25, 0.3) is 0 Å². The Morgan fingerprint density at radius 3 is 1.89 bits per heavy atom. The highest BCUT2D eigenvalue weighted by atomic mass is 31.2. The maximum absolute atomic E-state index is 11.8. The first-order valence-corrected chi connectivity index (χ1v) is 10.9. The summed E-state index contributed by atoms with van der Waals surface area (Å²) < 4.78 is 25.4. The molecule has 0 bridgehead atoms. The van der Waals surface area contributed by atoms with E-state index < -0.39 is 32.5 Å². The Labute approximate surface area is 162 Å². The topological polar surface area (TPSA) is 119 Å². The van der Waals surface area contributed by atoms with Gasteiger partial charge in [0.25, 0.3) is 0 Å². The van der Waals surface area contributed by atoms with Gasteiger partial charge in [-0.2, -0.15) is 12.8 Å². The summed E-state index contributed by atoms with van der Waals surface area (Å²) in [6.45, 7) is 6.61. The zero-order chi connectivity index (χ0) is 20.5. The number of hydrogen-bond acceptors (Lipinski definition) is 6. The van der Waals surface area contributed by atoms with Crippen LogP contribution in [-0.2, 0) is 28.2 Å². The molecule has 0 spiro atoms. The number of esters is 2. The number of carbonyl (C=O) groups is 2. The molecule has 0 rings (SSSR count). The minimum atomic E-state index is -4.71. The van der Waals surface area contributed by atoms with Crippen molar-refractivity contribution in [1.82, 2.24) is 0 Å². The Morgan fingerprint density at radius 2 is 1.33 bits per heavy atom. The molecule has 1 atom stereocenters. The molecule has 0 amide bonds. The van der Waals surface area contributed by atoms with Gasteiger partial charge in [-0.05, 0) is 12.8 Å². The number of rotatable bonds is 17. The fourth-order valence-electron chi connectivity index (χ4n) is 2.22. The molecule has 0 fully saturated rings. The Morgan fingerprint density at radius 1 is 0.815 bits per heavy atom. The average Bonchev–Trinajstić information content (AvgIpc) is 2.60. The van der Waals surface area contributed by atoms with Crippen molar-refractivity contribution in [3.63, 3.8) is 0 Å². The molecule has 0 aromatic heterocycles. The van der Waals surface area contributed by atoms with Gasteiger partial charge in [-0.25, -0.2) is 4.57 Å². The molecule has 0 aliphatic rings. The lowest BCUT2D eigenvalue weighted by atomic mass is 10.1. The molecule has 2 N–H and O–H groups in total. The van der Waals surface area contributed by atoms with Crippen LogP contribution in [-0.4, -0.2) is 41.0 Å². The minimum Gasteiger partial charge on any atom is -0.462 e. The van der Waals surface area contributed by atoms with Gasteiger partial charge in [0.15, 0.2) is 6.10 Å². The predicted molar refractivity (Wildman–Crippen MR) is 100 cm³/mol. The number of hydrogen-bond donors (Lipinski definition) is 2. The second kappa shape index (κ2) is 16.0. The first kappa shape index (κ1) is 26.1. The lowest BCUT2D eigenvalue weighted by Gasteiger charge is -2.18. The fourth-order valence-corrected chi connectivity index (χ4v) is 2.58. The van der Waals surface area contributed by atoms with Gasteiger partial charge in [-0.1, -0.05) is 32.1 Å². The molecule has 9 heteroatoms. The normalized spacial score (nSPS) is 12.6. The van der Waals surface area contributed by atoms with Gasteiger partial charge >= 0.3 is 19.8 Å². The molecule has 0 saturated heterocycles. The van der Waals surface area contributed by atoms with Gasteiger partial charge in [0, 0.05) is 12.8 Å². The molecular weight excluding hydrogens is 375 g/mol. The summed E-state index contributed by atoms with van der Waals surface area (Å²) in [4.78, 5) is 41.2. The molecule has 27 heavy (non-hydrogen) atoms. The quantitative estimate of drug-likeness (QED) is 0.162. The molecule has 0 aromatic carbocycles. The largest absolute Gasteiger partial charge is 0.469 e. The van der Waals surface area contributed by atoms with Crippen LogP contribution in [0.1, 0.15) is 70.6 Å². The summed E-state index contributed by atoms with van der Waals surface area (Å²) in [5, 5.41) is 0. The molecule has 0 radical (unpaired) electrons. The highest BCUT2D eigenvalue weighted by Crippen LogP contribution is 2.35. The summed E-state index contributed by atoms with van der Waals surface area (Å²) in [6.07, 6.45) is 6.99. The van der Waals surface area contributed by atoms with Crippen LogP contribution in [0.4, 0.5) is 0 Å². The molecule has 0 aromatic rings. The van der Waals surface area contributed by atoms with Crippen LogP contribution >= 0.6 is 7.82 Å². The van der Waals surface area contributed by atoms with E-state index in [0.717, 1.165) is 44.9 Å². The summed E-state index contributed by atoms with van der Waals surface area (Å²) in [7, 11) is -4.71. The first-order valence-electron chi connectivity index (χ1n) is 9.42. The third-order valence-electron chi connectivity index (χ3n) is 3.67. The van der Waals surface area contributed by atoms with Gasteiger partial charge in [-0.3, -0.25) is 14.1 Å². The fraction of sp³-hybridized carbons (Fsp3) is 0.778. The molecule has 160 valence electrons. The van der Waals surface area contributed by atoms with E-state index in [1.807, 2.05) is 0 Å². The van der Waals surface area contributed by atoms with Gasteiger partial charge in [0.05, 0.1) is 6.61 Å². The van der Waals surface area contributed by atoms with Crippen molar-refractivity contribution in [2.24, 2.45) is 0 Å². The molecular formula is C18H33O8P-2. The van der Waals surface area contributed by atoms with Gasteiger partial charge in [0.2, 0.25) is 0 Å². The Balaban J connectivity index is 4.27. The van der Waals surface area contributed by atoms with E-state index in [-0.39, 0.29) is 19.4 Å². The van der Waals surface area contributed by atoms with E-state index in [2.05, 4.69) is 18.4 Å². The monoisotopic (exact) mass is 408 g/mol. The summed E-state index contributed by atoms with van der Waals surface area (Å²) in [6, 6.07) is 0. The van der Waals surface area contributed by atoms with Gasteiger partial charge in [-0.15, -0.1) is 0 Å². The summed E-state index contributed by atoms with van der Waals surface area (Å²) in [5.74, 6) is -0.972. The van der Waals surface area contributed by atoms with Crippen LogP contribution in [0.15, 0.2) is 0 Å². The van der Waals surface area contributed by atoms with Gasteiger partial charge in [0.1, 0.15) is 6.61 Å². The number of unbranched alkanes of at least 4 members (excludes halogenated alkanes) is 7. The molecule has 0 aliphatic heterocycles. The minimum absolute atomic E-state index is 0.173. The second-order valence-electron chi connectivity index (χ2n) is 6.26. The molecule has 0 heterocycles. The molecule has 8 nitrogen and oxygen atoms in total. The lowest BCUT2D eigenvalue weighted by Crippen LogP contribution is -2.29. The standard InChI is InChI=1S/C18H33O8P/c1-3-5-7-9-11-12-17(19)24-14-16(15-25-27(21,22)23)26-18(20)13-10-8-6-4-2/h16H,1-15H2,(H2,21,22,23)/q-2/t16-/m1/s1. The van der Waals surface area contributed by atoms with Crippen LogP contribution in [0.5, 0.6) is 0 Å². The Hall–Kier alpha value is -0.950. The van der Waals surface area contributed by atoms with Crippen molar-refractivity contribution < 1.29 is 37.9 Å². The first-order chi connectivity index (χ1) is 12.8. The highest BCUT2D eigenvalue weighted by Gasteiger charge is 2.22. The van der Waals surface area contributed by atoms with E-state index in [9.17, 15) is 14.2 Å². The number of phosphoric ester groups is 1. The van der Waals surface area contributed by atoms with Crippen molar-refractivity contribution in [3.8, 4) is 0 Å². The van der Waals surface area contributed by atoms with E-state index >= 15 is 0 Å².